The minimum atomic E-state index is 0.914. The normalized spacial score (nSPS) is 11.4. The number of benzene rings is 1. The fourth-order valence-corrected chi connectivity index (χ4v) is 4.25. The number of hydrogen-bond acceptors (Lipinski definition) is 2. The summed E-state index contributed by atoms with van der Waals surface area (Å²) in [6, 6.07) is 9.00. The molecule has 0 spiro atoms. The zero-order valence-corrected chi connectivity index (χ0v) is 14.9. The van der Waals surface area contributed by atoms with E-state index < -0.39 is 0 Å². The minimum absolute atomic E-state index is 0.914. The second-order valence-corrected chi connectivity index (χ2v) is 7.32. The summed E-state index contributed by atoms with van der Waals surface area (Å²) in [5.74, 6) is 0. The lowest BCUT2D eigenvalue weighted by Crippen LogP contribution is -2.04. The molecule has 4 heteroatoms. The molecule has 21 heavy (non-hydrogen) atoms. The van der Waals surface area contributed by atoms with Crippen LogP contribution in [0.5, 0.6) is 0 Å². The van der Waals surface area contributed by atoms with Crippen molar-refractivity contribution >= 4 is 38.2 Å². The zero-order valence-electron chi connectivity index (χ0n) is 12.5. The SMILES string of the molecule is CNCc1ccc2c(c1)c(C)c(C)n2Cc1cc(Br)cs1. The molecule has 1 aromatic carbocycles. The molecule has 0 radical (unpaired) electrons. The predicted molar refractivity (Wildman–Crippen MR) is 95.3 cm³/mol. The zero-order chi connectivity index (χ0) is 15.0. The Kier molecular flexibility index (Phi) is 4.20. The Morgan fingerprint density at radius 1 is 1.24 bits per heavy atom. The van der Waals surface area contributed by atoms with Crippen molar-refractivity contribution in [1.29, 1.82) is 0 Å². The highest BCUT2D eigenvalue weighted by Gasteiger charge is 2.12. The number of fused-ring (bicyclic) bond motifs is 1. The Morgan fingerprint density at radius 3 is 2.71 bits per heavy atom. The van der Waals surface area contributed by atoms with E-state index in [-0.39, 0.29) is 0 Å². The van der Waals surface area contributed by atoms with Gasteiger partial charge in [-0.05, 0) is 66.2 Å². The molecular weight excluding hydrogens is 344 g/mol. The van der Waals surface area contributed by atoms with E-state index in [4.69, 9.17) is 0 Å². The fourth-order valence-electron chi connectivity index (χ4n) is 2.81. The van der Waals surface area contributed by atoms with Gasteiger partial charge in [0, 0.05) is 37.9 Å². The third-order valence-corrected chi connectivity index (χ3v) is 5.70. The van der Waals surface area contributed by atoms with Crippen molar-refractivity contribution < 1.29 is 0 Å². The van der Waals surface area contributed by atoms with Crippen LogP contribution in [0.4, 0.5) is 0 Å². The van der Waals surface area contributed by atoms with Crippen LogP contribution in [-0.4, -0.2) is 11.6 Å². The Hall–Kier alpha value is -1.10. The highest BCUT2D eigenvalue weighted by Crippen LogP contribution is 2.29. The molecule has 3 rings (SSSR count). The van der Waals surface area contributed by atoms with Gasteiger partial charge in [0.1, 0.15) is 0 Å². The number of hydrogen-bond donors (Lipinski definition) is 1. The first-order chi connectivity index (χ1) is 10.1. The minimum Gasteiger partial charge on any atom is -0.339 e. The smallest absolute Gasteiger partial charge is 0.0572 e. The molecular formula is C17H19BrN2S. The lowest BCUT2D eigenvalue weighted by Gasteiger charge is -2.07. The third kappa shape index (κ3) is 2.80. The maximum Gasteiger partial charge on any atom is 0.0572 e. The number of nitrogens with zero attached hydrogens (tertiary/aromatic N) is 1. The summed E-state index contributed by atoms with van der Waals surface area (Å²) < 4.78 is 3.59. The Morgan fingerprint density at radius 2 is 2.05 bits per heavy atom. The van der Waals surface area contributed by atoms with Crippen molar-refractivity contribution in [2.24, 2.45) is 0 Å². The monoisotopic (exact) mass is 362 g/mol. The Bertz CT molecular complexity index is 786. The first-order valence-electron chi connectivity index (χ1n) is 7.06. The molecule has 0 bridgehead atoms. The molecule has 0 saturated carbocycles. The van der Waals surface area contributed by atoms with Crippen LogP contribution in [0.3, 0.4) is 0 Å². The Balaban J connectivity index is 2.07. The largest absolute Gasteiger partial charge is 0.339 e. The molecule has 2 nitrogen and oxygen atoms in total. The van der Waals surface area contributed by atoms with E-state index in [0.29, 0.717) is 0 Å². The molecule has 0 aliphatic heterocycles. The van der Waals surface area contributed by atoms with Crippen LogP contribution in [0.15, 0.2) is 34.1 Å². The number of halogens is 1. The standard InChI is InChI=1S/C17H19BrN2S/c1-11-12(2)20(9-15-7-14(18)10-21-15)17-5-4-13(8-19-3)6-16(11)17/h4-7,10,19H,8-9H2,1-3H3. The van der Waals surface area contributed by atoms with Gasteiger partial charge >= 0.3 is 0 Å². The lowest BCUT2D eigenvalue weighted by atomic mass is 10.1. The number of aryl methyl sites for hydroxylation is 1. The summed E-state index contributed by atoms with van der Waals surface area (Å²) in [6.45, 7) is 6.30. The summed E-state index contributed by atoms with van der Waals surface area (Å²) in [4.78, 5) is 1.38. The highest BCUT2D eigenvalue weighted by molar-refractivity contribution is 9.10. The van der Waals surface area contributed by atoms with Crippen LogP contribution in [0.2, 0.25) is 0 Å². The number of thiophene rings is 1. The van der Waals surface area contributed by atoms with Gasteiger partial charge in [-0.1, -0.05) is 6.07 Å². The number of aromatic nitrogens is 1. The quantitative estimate of drug-likeness (QED) is 0.701. The fraction of sp³-hybridized carbons (Fsp3) is 0.294. The van der Waals surface area contributed by atoms with Gasteiger partial charge in [0.05, 0.1) is 6.54 Å². The van der Waals surface area contributed by atoms with Gasteiger partial charge in [0.25, 0.3) is 0 Å². The van der Waals surface area contributed by atoms with E-state index in [1.807, 2.05) is 7.05 Å². The van der Waals surface area contributed by atoms with Gasteiger partial charge in [0.15, 0.2) is 0 Å². The van der Waals surface area contributed by atoms with E-state index in [9.17, 15) is 0 Å². The molecule has 0 aliphatic rings. The summed E-state index contributed by atoms with van der Waals surface area (Å²) in [5.41, 5.74) is 5.41. The van der Waals surface area contributed by atoms with Crippen LogP contribution in [0.25, 0.3) is 10.9 Å². The maximum absolute atomic E-state index is 3.54. The molecule has 0 atom stereocenters. The maximum atomic E-state index is 3.54. The summed E-state index contributed by atoms with van der Waals surface area (Å²) in [7, 11) is 1.99. The van der Waals surface area contributed by atoms with E-state index >= 15 is 0 Å². The van der Waals surface area contributed by atoms with Gasteiger partial charge in [0.2, 0.25) is 0 Å². The molecule has 0 fully saturated rings. The predicted octanol–water partition coefficient (Wildman–Crippen LogP) is 4.85. The van der Waals surface area contributed by atoms with Crippen LogP contribution in [0.1, 0.15) is 21.7 Å². The second kappa shape index (κ2) is 5.95. The first kappa shape index (κ1) is 14.8. The van der Waals surface area contributed by atoms with Crippen molar-refractivity contribution in [2.75, 3.05) is 7.05 Å². The second-order valence-electron chi connectivity index (χ2n) is 5.41. The van der Waals surface area contributed by atoms with Gasteiger partial charge < -0.3 is 9.88 Å². The van der Waals surface area contributed by atoms with Gasteiger partial charge in [-0.3, -0.25) is 0 Å². The molecule has 110 valence electrons. The Labute approximate surface area is 137 Å². The number of rotatable bonds is 4. The van der Waals surface area contributed by atoms with Crippen molar-refractivity contribution in [1.82, 2.24) is 9.88 Å². The van der Waals surface area contributed by atoms with Crippen LogP contribution >= 0.6 is 27.3 Å². The van der Waals surface area contributed by atoms with Crippen molar-refractivity contribution in [3.8, 4) is 0 Å². The lowest BCUT2D eigenvalue weighted by molar-refractivity contribution is 0.809. The summed E-state index contributed by atoms with van der Waals surface area (Å²) in [5, 5.41) is 6.74. The molecule has 0 saturated heterocycles. The van der Waals surface area contributed by atoms with Crippen LogP contribution in [-0.2, 0) is 13.1 Å². The molecule has 3 aromatic rings. The highest BCUT2D eigenvalue weighted by atomic mass is 79.9. The number of nitrogens with one attached hydrogen (secondary N) is 1. The van der Waals surface area contributed by atoms with Crippen molar-refractivity contribution in [2.45, 2.75) is 26.9 Å². The van der Waals surface area contributed by atoms with E-state index in [0.717, 1.165) is 13.1 Å². The van der Waals surface area contributed by atoms with E-state index in [2.05, 4.69) is 69.3 Å². The molecule has 2 heterocycles. The van der Waals surface area contributed by atoms with Crippen molar-refractivity contribution in [3.05, 3.63) is 55.8 Å². The van der Waals surface area contributed by atoms with Crippen LogP contribution < -0.4 is 5.32 Å². The third-order valence-electron chi connectivity index (χ3n) is 4.02. The van der Waals surface area contributed by atoms with Crippen LogP contribution in [0, 0.1) is 13.8 Å². The average Bonchev–Trinajstić information content (AvgIpc) is 2.97. The topological polar surface area (TPSA) is 17.0 Å². The first-order valence-corrected chi connectivity index (χ1v) is 8.73. The van der Waals surface area contributed by atoms with E-state index in [1.54, 1.807) is 11.3 Å². The van der Waals surface area contributed by atoms with Gasteiger partial charge in [-0.25, -0.2) is 0 Å². The average molecular weight is 363 g/mol. The van der Waals surface area contributed by atoms with Crippen molar-refractivity contribution in [3.63, 3.8) is 0 Å². The van der Waals surface area contributed by atoms with E-state index in [1.165, 1.54) is 37.1 Å². The van der Waals surface area contributed by atoms with Gasteiger partial charge in [-0.15, -0.1) is 11.3 Å². The summed E-state index contributed by atoms with van der Waals surface area (Å²) in [6.07, 6.45) is 0. The molecule has 2 aromatic heterocycles. The molecule has 1 N–H and O–H groups in total. The molecule has 0 unspecified atom stereocenters. The molecule has 0 amide bonds. The molecule has 0 aliphatic carbocycles. The van der Waals surface area contributed by atoms with Gasteiger partial charge in [-0.2, -0.15) is 0 Å². The summed E-state index contributed by atoms with van der Waals surface area (Å²) >= 11 is 5.34.